The van der Waals surface area contributed by atoms with E-state index < -0.39 is 0 Å². The molecule has 5 heteroatoms. The fourth-order valence-corrected chi connectivity index (χ4v) is 3.15. The fourth-order valence-electron chi connectivity index (χ4n) is 3.15. The number of rotatable bonds is 5. The molecule has 0 saturated carbocycles. The number of imidazole rings is 1. The summed E-state index contributed by atoms with van der Waals surface area (Å²) in [7, 11) is 6.42. The molecule has 1 saturated heterocycles. The third kappa shape index (κ3) is 3.24. The van der Waals surface area contributed by atoms with Crippen LogP contribution in [0.4, 0.5) is 0 Å². The molecule has 5 nitrogen and oxygen atoms in total. The smallest absolute Gasteiger partial charge is 0.160 e. The Labute approximate surface area is 126 Å². The standard InChI is InChI=1S/C16H25N5/c1-19(2)9-10-21-15(11-13-6-8-20(3)12-13)18-14-5-4-7-17-16(14)21/h4-5,7,13H,6,8-12H2,1-3H3. The lowest BCUT2D eigenvalue weighted by atomic mass is 10.0. The Balaban J connectivity index is 1.86. The molecule has 1 fully saturated rings. The summed E-state index contributed by atoms with van der Waals surface area (Å²) in [4.78, 5) is 14.0. The van der Waals surface area contributed by atoms with Crippen LogP contribution in [-0.2, 0) is 13.0 Å². The molecule has 1 unspecified atom stereocenters. The molecule has 0 N–H and O–H groups in total. The molecule has 0 aliphatic carbocycles. The van der Waals surface area contributed by atoms with Crippen molar-refractivity contribution < 1.29 is 0 Å². The Morgan fingerprint density at radius 1 is 1.38 bits per heavy atom. The highest BCUT2D eigenvalue weighted by molar-refractivity contribution is 5.71. The third-order valence-electron chi connectivity index (χ3n) is 4.31. The maximum atomic E-state index is 4.84. The minimum Gasteiger partial charge on any atom is -0.311 e. The van der Waals surface area contributed by atoms with Crippen molar-refractivity contribution in [2.24, 2.45) is 5.92 Å². The SMILES string of the molecule is CN(C)CCn1c(CC2CCN(C)C2)nc2cccnc21. The molecule has 0 radical (unpaired) electrons. The molecule has 21 heavy (non-hydrogen) atoms. The van der Waals surface area contributed by atoms with E-state index >= 15 is 0 Å². The molecule has 1 atom stereocenters. The van der Waals surface area contributed by atoms with Crippen molar-refractivity contribution >= 4 is 11.2 Å². The van der Waals surface area contributed by atoms with E-state index in [1.54, 1.807) is 0 Å². The average Bonchev–Trinajstić information content (AvgIpc) is 3.00. The molecular formula is C16H25N5. The number of pyridine rings is 1. The topological polar surface area (TPSA) is 37.2 Å². The quantitative estimate of drug-likeness (QED) is 0.835. The van der Waals surface area contributed by atoms with E-state index in [0.29, 0.717) is 0 Å². The van der Waals surface area contributed by atoms with E-state index in [9.17, 15) is 0 Å². The van der Waals surface area contributed by atoms with Gasteiger partial charge < -0.3 is 14.4 Å². The van der Waals surface area contributed by atoms with Crippen LogP contribution in [0.3, 0.4) is 0 Å². The first-order valence-corrected chi connectivity index (χ1v) is 7.77. The second kappa shape index (κ2) is 6.12. The predicted octanol–water partition coefficient (Wildman–Crippen LogP) is 1.49. The van der Waals surface area contributed by atoms with Gasteiger partial charge in [-0.1, -0.05) is 0 Å². The van der Waals surface area contributed by atoms with Crippen LogP contribution in [0.5, 0.6) is 0 Å². The third-order valence-corrected chi connectivity index (χ3v) is 4.31. The normalized spacial score (nSPS) is 19.9. The van der Waals surface area contributed by atoms with Crippen molar-refractivity contribution in [3.8, 4) is 0 Å². The Morgan fingerprint density at radius 3 is 2.95 bits per heavy atom. The molecule has 3 heterocycles. The van der Waals surface area contributed by atoms with E-state index in [0.717, 1.165) is 36.6 Å². The fraction of sp³-hybridized carbons (Fsp3) is 0.625. The number of aromatic nitrogens is 3. The maximum Gasteiger partial charge on any atom is 0.160 e. The van der Waals surface area contributed by atoms with Gasteiger partial charge in [-0.2, -0.15) is 0 Å². The Hall–Kier alpha value is -1.46. The summed E-state index contributed by atoms with van der Waals surface area (Å²) < 4.78 is 2.31. The minimum absolute atomic E-state index is 0.727. The van der Waals surface area contributed by atoms with Crippen LogP contribution in [-0.4, -0.2) is 65.1 Å². The molecule has 1 aliphatic rings. The Morgan fingerprint density at radius 2 is 2.24 bits per heavy atom. The Bertz CT molecular complexity index is 604. The van der Waals surface area contributed by atoms with Crippen molar-refractivity contribution in [1.29, 1.82) is 0 Å². The lowest BCUT2D eigenvalue weighted by Crippen LogP contribution is -2.21. The van der Waals surface area contributed by atoms with Gasteiger partial charge in [0, 0.05) is 32.3 Å². The average molecular weight is 287 g/mol. The monoisotopic (exact) mass is 287 g/mol. The summed E-state index contributed by atoms with van der Waals surface area (Å²) in [6.07, 6.45) is 4.21. The van der Waals surface area contributed by atoms with Gasteiger partial charge in [-0.25, -0.2) is 9.97 Å². The molecule has 0 bridgehead atoms. The van der Waals surface area contributed by atoms with Crippen LogP contribution in [0.25, 0.3) is 11.2 Å². The van der Waals surface area contributed by atoms with Gasteiger partial charge in [-0.15, -0.1) is 0 Å². The highest BCUT2D eigenvalue weighted by atomic mass is 15.2. The Kier molecular flexibility index (Phi) is 4.22. The summed E-state index contributed by atoms with van der Waals surface area (Å²) in [5.74, 6) is 1.93. The lowest BCUT2D eigenvalue weighted by molar-refractivity contribution is 0.374. The van der Waals surface area contributed by atoms with Gasteiger partial charge in [-0.3, -0.25) is 0 Å². The van der Waals surface area contributed by atoms with Gasteiger partial charge in [0.1, 0.15) is 11.3 Å². The second-order valence-electron chi connectivity index (χ2n) is 6.45. The van der Waals surface area contributed by atoms with Crippen LogP contribution in [0.2, 0.25) is 0 Å². The molecule has 0 spiro atoms. The van der Waals surface area contributed by atoms with Gasteiger partial charge in [0.2, 0.25) is 0 Å². The van der Waals surface area contributed by atoms with Gasteiger partial charge in [0.15, 0.2) is 5.65 Å². The summed E-state index contributed by atoms with van der Waals surface area (Å²) in [6.45, 7) is 4.36. The second-order valence-corrected chi connectivity index (χ2v) is 6.45. The first kappa shape index (κ1) is 14.5. The molecule has 0 aromatic carbocycles. The predicted molar refractivity (Wildman–Crippen MR) is 85.4 cm³/mol. The zero-order valence-electron chi connectivity index (χ0n) is 13.3. The highest BCUT2D eigenvalue weighted by Gasteiger charge is 2.22. The largest absolute Gasteiger partial charge is 0.311 e. The van der Waals surface area contributed by atoms with Crippen LogP contribution in [0, 0.1) is 5.92 Å². The van der Waals surface area contributed by atoms with E-state index in [2.05, 4.69) is 46.6 Å². The number of likely N-dealkylation sites (tertiary alicyclic amines) is 1. The number of hydrogen-bond donors (Lipinski definition) is 0. The van der Waals surface area contributed by atoms with E-state index in [1.807, 2.05) is 12.3 Å². The summed E-state index contributed by atoms with van der Waals surface area (Å²) in [5, 5.41) is 0. The van der Waals surface area contributed by atoms with Gasteiger partial charge >= 0.3 is 0 Å². The zero-order valence-corrected chi connectivity index (χ0v) is 13.3. The summed E-state index contributed by atoms with van der Waals surface area (Å²) in [5.41, 5.74) is 2.05. The first-order chi connectivity index (χ1) is 10.1. The van der Waals surface area contributed by atoms with Crippen molar-refractivity contribution in [2.45, 2.75) is 19.4 Å². The lowest BCUT2D eigenvalue weighted by Gasteiger charge is -2.15. The first-order valence-electron chi connectivity index (χ1n) is 7.77. The molecule has 2 aromatic rings. The van der Waals surface area contributed by atoms with Crippen LogP contribution < -0.4 is 0 Å². The molecule has 0 amide bonds. The van der Waals surface area contributed by atoms with E-state index in [1.165, 1.54) is 25.3 Å². The zero-order chi connectivity index (χ0) is 14.8. The van der Waals surface area contributed by atoms with Crippen LogP contribution in [0.15, 0.2) is 18.3 Å². The van der Waals surface area contributed by atoms with Crippen molar-refractivity contribution in [3.05, 3.63) is 24.2 Å². The molecule has 114 valence electrons. The molecule has 2 aromatic heterocycles. The van der Waals surface area contributed by atoms with Crippen molar-refractivity contribution in [2.75, 3.05) is 40.8 Å². The van der Waals surface area contributed by atoms with Crippen molar-refractivity contribution in [3.63, 3.8) is 0 Å². The number of likely N-dealkylation sites (N-methyl/N-ethyl adjacent to an activating group) is 1. The van der Waals surface area contributed by atoms with Crippen LogP contribution >= 0.6 is 0 Å². The van der Waals surface area contributed by atoms with Crippen LogP contribution in [0.1, 0.15) is 12.2 Å². The summed E-state index contributed by atoms with van der Waals surface area (Å²) in [6, 6.07) is 4.04. The number of nitrogens with zero attached hydrogens (tertiary/aromatic N) is 5. The number of hydrogen-bond acceptors (Lipinski definition) is 4. The molecular weight excluding hydrogens is 262 g/mol. The van der Waals surface area contributed by atoms with E-state index in [4.69, 9.17) is 4.98 Å². The minimum atomic E-state index is 0.727. The summed E-state index contributed by atoms with van der Waals surface area (Å²) >= 11 is 0. The van der Waals surface area contributed by atoms with Crippen molar-refractivity contribution in [1.82, 2.24) is 24.3 Å². The van der Waals surface area contributed by atoms with Gasteiger partial charge in [0.25, 0.3) is 0 Å². The highest BCUT2D eigenvalue weighted by Crippen LogP contribution is 2.22. The van der Waals surface area contributed by atoms with Gasteiger partial charge in [0.05, 0.1) is 0 Å². The number of fused-ring (bicyclic) bond motifs is 1. The van der Waals surface area contributed by atoms with Gasteiger partial charge in [-0.05, 0) is 52.2 Å². The maximum absolute atomic E-state index is 4.84. The molecule has 1 aliphatic heterocycles. The molecule has 3 rings (SSSR count). The van der Waals surface area contributed by atoms with E-state index in [-0.39, 0.29) is 0 Å².